The number of H-pyrrole nitrogens is 2. The number of rotatable bonds is 8. The smallest absolute Gasteiger partial charge is 0.342 e. The highest BCUT2D eigenvalue weighted by molar-refractivity contribution is 6.37. The largest absolute Gasteiger partial charge is 0.490 e. The third kappa shape index (κ3) is 6.22. The molecule has 0 spiro atoms. The Morgan fingerprint density at radius 2 is 2.04 bits per heavy atom. The number of aromatic nitrogens is 3. The fraction of sp³-hybridized carbons (Fsp3) is 0.312. The van der Waals surface area contributed by atoms with Crippen LogP contribution in [0.15, 0.2) is 26.8 Å². The molecular weight excluding hydrogens is 397 g/mol. The molecule has 0 saturated carbocycles. The number of benzene rings is 1. The molecule has 2 aromatic rings. The number of halogens is 2. The summed E-state index contributed by atoms with van der Waals surface area (Å²) in [4.78, 5) is 36.2. The average Bonchev–Trinajstić information content (AvgIpc) is 2.60. The number of ether oxygens (including phenoxy) is 1. The molecule has 0 fully saturated rings. The summed E-state index contributed by atoms with van der Waals surface area (Å²) in [7, 11) is 0. The van der Waals surface area contributed by atoms with E-state index < -0.39 is 17.2 Å². The Hall–Kier alpha value is -2.65. The molecule has 0 atom stereocenters. The van der Waals surface area contributed by atoms with E-state index in [9.17, 15) is 14.4 Å². The zero-order chi connectivity index (χ0) is 19.8. The van der Waals surface area contributed by atoms with E-state index in [1.165, 1.54) is 6.21 Å². The highest BCUT2D eigenvalue weighted by Gasteiger charge is 2.09. The average molecular weight is 414 g/mol. The van der Waals surface area contributed by atoms with Gasteiger partial charge in [0.2, 0.25) is 5.91 Å². The van der Waals surface area contributed by atoms with Crippen molar-refractivity contribution in [2.24, 2.45) is 5.10 Å². The first kappa shape index (κ1) is 20.7. The topological polar surface area (TPSA) is 129 Å². The van der Waals surface area contributed by atoms with Crippen molar-refractivity contribution in [2.75, 3.05) is 6.61 Å². The van der Waals surface area contributed by atoms with E-state index in [-0.39, 0.29) is 18.5 Å². The molecule has 27 heavy (non-hydrogen) atoms. The fourth-order valence-corrected chi connectivity index (χ4v) is 2.62. The standard InChI is InChI=1S/C16H17Cl2N5O4/c1-2-5-27-14-10(17)6-9(7-11(14)18)8-19-22-13(24)4-3-12-15(25)20-16(26)23-21-12/h6-8H,2-5H2,1H3,(H,22,24)(H2,20,23,25,26)/b19-8+. The number of aryl methyl sites for hydroxylation is 1. The van der Waals surface area contributed by atoms with E-state index in [1.807, 2.05) is 11.9 Å². The van der Waals surface area contributed by atoms with E-state index in [2.05, 4.69) is 20.7 Å². The van der Waals surface area contributed by atoms with Crippen LogP contribution in [0.2, 0.25) is 10.0 Å². The number of carbonyl (C=O) groups is 1. The van der Waals surface area contributed by atoms with Crippen LogP contribution in [0.1, 0.15) is 31.0 Å². The summed E-state index contributed by atoms with van der Waals surface area (Å²) < 4.78 is 5.47. The molecule has 1 amide bonds. The van der Waals surface area contributed by atoms with Gasteiger partial charge in [-0.15, -0.1) is 0 Å². The molecular formula is C16H17Cl2N5O4. The predicted octanol–water partition coefficient (Wildman–Crippen LogP) is 1.64. The van der Waals surface area contributed by atoms with Crippen LogP contribution in [-0.2, 0) is 11.2 Å². The number of hydrazone groups is 1. The van der Waals surface area contributed by atoms with Gasteiger partial charge < -0.3 is 4.74 Å². The minimum Gasteiger partial charge on any atom is -0.490 e. The minimum absolute atomic E-state index is 0.0369. The minimum atomic E-state index is -0.707. The van der Waals surface area contributed by atoms with Gasteiger partial charge in [-0.05, 0) is 24.1 Å². The SMILES string of the molecule is CCCOc1c(Cl)cc(/C=N/NC(=O)CCc2n[nH]c(=O)[nH]c2=O)cc1Cl. The van der Waals surface area contributed by atoms with Gasteiger partial charge in [0.15, 0.2) is 5.75 Å². The maximum atomic E-state index is 11.8. The van der Waals surface area contributed by atoms with Crippen LogP contribution >= 0.6 is 23.2 Å². The Kier molecular flexibility index (Phi) is 7.56. The summed E-state index contributed by atoms with van der Waals surface area (Å²) >= 11 is 12.3. The Bertz CT molecular complexity index is 931. The fourth-order valence-electron chi connectivity index (χ4n) is 2.00. The quantitative estimate of drug-likeness (QED) is 0.447. The number of nitrogens with zero attached hydrogens (tertiary/aromatic N) is 2. The number of aromatic amines is 2. The van der Waals surface area contributed by atoms with Gasteiger partial charge in [0, 0.05) is 12.8 Å². The first-order valence-corrected chi connectivity index (χ1v) is 8.78. The normalized spacial score (nSPS) is 10.9. The molecule has 3 N–H and O–H groups in total. The number of carbonyl (C=O) groups excluding carboxylic acids is 1. The van der Waals surface area contributed by atoms with E-state index >= 15 is 0 Å². The number of hydrogen-bond acceptors (Lipinski definition) is 6. The lowest BCUT2D eigenvalue weighted by molar-refractivity contribution is -0.121. The summed E-state index contributed by atoms with van der Waals surface area (Å²) in [5.74, 6) is -0.0289. The van der Waals surface area contributed by atoms with Crippen LogP contribution in [0.5, 0.6) is 5.75 Å². The van der Waals surface area contributed by atoms with Crippen molar-refractivity contribution in [3.8, 4) is 5.75 Å². The lowest BCUT2D eigenvalue weighted by Crippen LogP contribution is -2.28. The van der Waals surface area contributed by atoms with Gasteiger partial charge in [0.25, 0.3) is 5.56 Å². The maximum Gasteiger partial charge on any atom is 0.342 e. The summed E-state index contributed by atoms with van der Waals surface area (Å²) in [6, 6.07) is 3.22. The van der Waals surface area contributed by atoms with Crippen LogP contribution in [0, 0.1) is 0 Å². The highest BCUT2D eigenvalue weighted by atomic mass is 35.5. The molecule has 1 aromatic heterocycles. The van der Waals surface area contributed by atoms with Crippen LogP contribution in [0.3, 0.4) is 0 Å². The first-order valence-electron chi connectivity index (χ1n) is 8.02. The van der Waals surface area contributed by atoms with E-state index in [4.69, 9.17) is 27.9 Å². The maximum absolute atomic E-state index is 11.8. The molecule has 0 aliphatic rings. The van der Waals surface area contributed by atoms with Gasteiger partial charge >= 0.3 is 5.69 Å². The summed E-state index contributed by atoms with van der Waals surface area (Å²) in [6.07, 6.45) is 2.21. The van der Waals surface area contributed by atoms with Gasteiger partial charge in [-0.25, -0.2) is 15.3 Å². The second kappa shape index (κ2) is 9.89. The van der Waals surface area contributed by atoms with Crippen LogP contribution in [0.4, 0.5) is 0 Å². The van der Waals surface area contributed by atoms with E-state index in [1.54, 1.807) is 12.1 Å². The molecule has 0 aliphatic heterocycles. The number of amides is 1. The highest BCUT2D eigenvalue weighted by Crippen LogP contribution is 2.33. The molecule has 144 valence electrons. The van der Waals surface area contributed by atoms with Gasteiger partial charge in [0.05, 0.1) is 22.9 Å². The Morgan fingerprint density at radius 1 is 1.33 bits per heavy atom. The molecule has 1 aromatic carbocycles. The molecule has 0 radical (unpaired) electrons. The van der Waals surface area contributed by atoms with Crippen molar-refractivity contribution >= 4 is 35.3 Å². The second-order valence-corrected chi connectivity index (χ2v) is 6.22. The van der Waals surface area contributed by atoms with Crippen molar-refractivity contribution < 1.29 is 9.53 Å². The summed E-state index contributed by atoms with van der Waals surface area (Å²) in [5, 5.41) is 10.2. The zero-order valence-electron chi connectivity index (χ0n) is 14.3. The Labute approximate surface area is 163 Å². The third-order valence-corrected chi connectivity index (χ3v) is 3.81. The van der Waals surface area contributed by atoms with Gasteiger partial charge in [-0.1, -0.05) is 30.1 Å². The van der Waals surface area contributed by atoms with Gasteiger partial charge in [-0.2, -0.15) is 10.2 Å². The molecule has 2 rings (SSSR count). The first-order chi connectivity index (χ1) is 12.9. The summed E-state index contributed by atoms with van der Waals surface area (Å²) in [5.41, 5.74) is 1.61. The molecule has 9 nitrogen and oxygen atoms in total. The molecule has 11 heteroatoms. The second-order valence-electron chi connectivity index (χ2n) is 5.41. The predicted molar refractivity (Wildman–Crippen MR) is 102 cm³/mol. The molecule has 0 aliphatic carbocycles. The monoisotopic (exact) mass is 413 g/mol. The van der Waals surface area contributed by atoms with Crippen LogP contribution in [-0.4, -0.2) is 33.9 Å². The molecule has 0 unspecified atom stereocenters. The van der Waals surface area contributed by atoms with Crippen molar-refractivity contribution in [1.29, 1.82) is 0 Å². The van der Waals surface area contributed by atoms with Gasteiger partial charge in [0.1, 0.15) is 5.69 Å². The molecule has 0 bridgehead atoms. The van der Waals surface area contributed by atoms with E-state index in [0.717, 1.165) is 6.42 Å². The molecule has 0 saturated heterocycles. The van der Waals surface area contributed by atoms with Crippen molar-refractivity contribution in [1.82, 2.24) is 20.6 Å². The van der Waals surface area contributed by atoms with E-state index in [0.29, 0.717) is 28.0 Å². The number of hydrogen-bond donors (Lipinski definition) is 3. The zero-order valence-corrected chi connectivity index (χ0v) is 15.9. The Balaban J connectivity index is 1.91. The lowest BCUT2D eigenvalue weighted by Gasteiger charge is -2.09. The third-order valence-electron chi connectivity index (χ3n) is 3.24. The Morgan fingerprint density at radius 3 is 2.67 bits per heavy atom. The van der Waals surface area contributed by atoms with Crippen LogP contribution in [0.25, 0.3) is 0 Å². The molecule has 1 heterocycles. The van der Waals surface area contributed by atoms with Crippen LogP contribution < -0.4 is 21.4 Å². The van der Waals surface area contributed by atoms with Gasteiger partial charge in [-0.3, -0.25) is 14.6 Å². The van der Waals surface area contributed by atoms with Crippen molar-refractivity contribution in [2.45, 2.75) is 26.2 Å². The number of nitrogens with one attached hydrogen (secondary N) is 3. The van der Waals surface area contributed by atoms with Crippen molar-refractivity contribution in [3.05, 3.63) is 54.3 Å². The summed E-state index contributed by atoms with van der Waals surface area (Å²) in [6.45, 7) is 2.46. The van der Waals surface area contributed by atoms with Crippen molar-refractivity contribution in [3.63, 3.8) is 0 Å². The lowest BCUT2D eigenvalue weighted by atomic mass is 10.2.